The first kappa shape index (κ1) is 15.3. The second-order valence-corrected chi connectivity index (χ2v) is 8.33. The molecule has 0 radical (unpaired) electrons. The van der Waals surface area contributed by atoms with Crippen molar-refractivity contribution >= 4 is 17.6 Å². The van der Waals surface area contributed by atoms with E-state index in [1.807, 2.05) is 24.3 Å². The minimum atomic E-state index is -0.000923. The molecule has 2 N–H and O–H groups in total. The van der Waals surface area contributed by atoms with Gasteiger partial charge >= 0.3 is 6.03 Å². The van der Waals surface area contributed by atoms with E-state index >= 15 is 0 Å². The summed E-state index contributed by atoms with van der Waals surface area (Å²) in [5.41, 5.74) is 1.17. The molecule has 4 aliphatic rings. The molecule has 0 spiro atoms. The molecule has 0 aromatic heterocycles. The Kier molecular flexibility index (Phi) is 4.00. The largest absolute Gasteiger partial charge is 0.338 e. The summed E-state index contributed by atoms with van der Waals surface area (Å²) < 4.78 is 0. The first-order valence-electron chi connectivity index (χ1n) is 8.91. The van der Waals surface area contributed by atoms with Gasteiger partial charge in [-0.25, -0.2) is 4.79 Å². The molecule has 1 aromatic carbocycles. The Morgan fingerprint density at radius 2 is 1.70 bits per heavy atom. The predicted molar refractivity (Wildman–Crippen MR) is 92.6 cm³/mol. The molecule has 4 fully saturated rings. The summed E-state index contributed by atoms with van der Waals surface area (Å²) in [6.45, 7) is 0.627. The lowest BCUT2D eigenvalue weighted by Gasteiger charge is -2.56. The molecule has 23 heavy (non-hydrogen) atoms. The number of hydrogen-bond donors (Lipinski definition) is 2. The van der Waals surface area contributed by atoms with Crippen LogP contribution < -0.4 is 10.6 Å². The van der Waals surface area contributed by atoms with Crippen molar-refractivity contribution in [2.75, 3.05) is 6.54 Å². The van der Waals surface area contributed by atoms with E-state index in [1.165, 1.54) is 38.5 Å². The minimum absolute atomic E-state index is 0.000923. The number of benzene rings is 1. The average molecular weight is 333 g/mol. The predicted octanol–water partition coefficient (Wildman–Crippen LogP) is 4.15. The number of nitrogens with one attached hydrogen (secondary N) is 2. The van der Waals surface area contributed by atoms with Gasteiger partial charge < -0.3 is 10.6 Å². The summed E-state index contributed by atoms with van der Waals surface area (Å²) in [7, 11) is 0. The van der Waals surface area contributed by atoms with Crippen LogP contribution in [0.15, 0.2) is 24.3 Å². The van der Waals surface area contributed by atoms with Crippen LogP contribution in [0.5, 0.6) is 0 Å². The summed E-state index contributed by atoms with van der Waals surface area (Å²) in [6, 6.07) is 7.82. The van der Waals surface area contributed by atoms with Gasteiger partial charge in [-0.3, -0.25) is 0 Å². The Morgan fingerprint density at radius 3 is 2.30 bits per heavy atom. The van der Waals surface area contributed by atoms with Gasteiger partial charge in [0.2, 0.25) is 0 Å². The van der Waals surface area contributed by atoms with Gasteiger partial charge in [0.1, 0.15) is 0 Å². The van der Waals surface area contributed by atoms with Crippen LogP contribution in [0, 0.1) is 17.8 Å². The Bertz CT molecular complexity index is 566. The molecule has 0 unspecified atom stereocenters. The van der Waals surface area contributed by atoms with Crippen LogP contribution in [0.25, 0.3) is 0 Å². The van der Waals surface area contributed by atoms with Crippen molar-refractivity contribution in [2.45, 2.75) is 50.5 Å². The smallest absolute Gasteiger partial charge is 0.315 e. The van der Waals surface area contributed by atoms with Crippen molar-refractivity contribution in [1.29, 1.82) is 0 Å². The third-order valence-electron chi connectivity index (χ3n) is 6.05. The lowest BCUT2D eigenvalue weighted by Crippen LogP contribution is -2.61. The average Bonchev–Trinajstić information content (AvgIpc) is 2.47. The van der Waals surface area contributed by atoms with Crippen LogP contribution in [0.2, 0.25) is 5.02 Å². The molecule has 2 amide bonds. The number of urea groups is 1. The monoisotopic (exact) mass is 332 g/mol. The molecule has 0 aliphatic heterocycles. The number of hydrogen-bond acceptors (Lipinski definition) is 1. The van der Waals surface area contributed by atoms with Crippen molar-refractivity contribution in [3.8, 4) is 0 Å². The maximum atomic E-state index is 12.3. The van der Waals surface area contributed by atoms with Crippen LogP contribution in [-0.4, -0.2) is 18.1 Å². The zero-order valence-corrected chi connectivity index (χ0v) is 14.2. The number of halogens is 1. The fourth-order valence-electron chi connectivity index (χ4n) is 5.56. The summed E-state index contributed by atoms with van der Waals surface area (Å²) >= 11 is 6.16. The highest BCUT2D eigenvalue weighted by molar-refractivity contribution is 6.31. The lowest BCUT2D eigenvalue weighted by atomic mass is 9.53. The van der Waals surface area contributed by atoms with Gasteiger partial charge in [0.05, 0.1) is 0 Å². The van der Waals surface area contributed by atoms with Crippen LogP contribution in [-0.2, 0) is 6.42 Å². The van der Waals surface area contributed by atoms with E-state index < -0.39 is 0 Å². The van der Waals surface area contributed by atoms with Gasteiger partial charge in [0.25, 0.3) is 0 Å². The van der Waals surface area contributed by atoms with Gasteiger partial charge in [0, 0.05) is 17.1 Å². The summed E-state index contributed by atoms with van der Waals surface area (Å²) in [5.74, 6) is 2.55. The third kappa shape index (κ3) is 3.21. The van der Waals surface area contributed by atoms with E-state index in [4.69, 9.17) is 11.6 Å². The highest BCUT2D eigenvalue weighted by Gasteiger charge is 2.51. The Morgan fingerprint density at radius 1 is 1.09 bits per heavy atom. The molecule has 124 valence electrons. The van der Waals surface area contributed by atoms with Gasteiger partial charge in [-0.2, -0.15) is 0 Å². The van der Waals surface area contributed by atoms with Crippen molar-refractivity contribution < 1.29 is 4.79 Å². The van der Waals surface area contributed by atoms with E-state index in [0.717, 1.165) is 34.8 Å². The number of carbonyl (C=O) groups excluding carboxylic acids is 1. The molecule has 4 aliphatic carbocycles. The molecule has 0 heterocycles. The second-order valence-electron chi connectivity index (χ2n) is 7.92. The standard InChI is InChI=1S/C19H25ClN2O/c20-17-4-2-1-3-16(17)5-6-21-18(23)22-19-10-13-7-14(11-19)9-15(8-13)12-19/h1-4,13-15H,5-12H2,(H2,21,22,23). The van der Waals surface area contributed by atoms with E-state index in [2.05, 4.69) is 10.6 Å². The van der Waals surface area contributed by atoms with Crippen LogP contribution in [0.1, 0.15) is 44.1 Å². The van der Waals surface area contributed by atoms with Gasteiger partial charge in [-0.05, 0) is 74.3 Å². The highest BCUT2D eigenvalue weighted by atomic mass is 35.5. The second kappa shape index (κ2) is 6.01. The Labute approximate surface area is 143 Å². The lowest BCUT2D eigenvalue weighted by molar-refractivity contribution is -0.0135. The Balaban J connectivity index is 1.30. The molecule has 4 heteroatoms. The Hall–Kier alpha value is -1.22. The van der Waals surface area contributed by atoms with Crippen LogP contribution in [0.3, 0.4) is 0 Å². The molecule has 5 rings (SSSR count). The van der Waals surface area contributed by atoms with E-state index in [9.17, 15) is 4.79 Å². The normalized spacial score (nSPS) is 34.4. The molecule has 3 nitrogen and oxygen atoms in total. The van der Waals surface area contributed by atoms with E-state index in [0.29, 0.717) is 6.54 Å². The zero-order valence-electron chi connectivity index (χ0n) is 13.5. The molecule has 0 saturated heterocycles. The zero-order chi connectivity index (χ0) is 15.9. The first-order chi connectivity index (χ1) is 11.1. The molecule has 1 aromatic rings. The minimum Gasteiger partial charge on any atom is -0.338 e. The van der Waals surface area contributed by atoms with Crippen molar-refractivity contribution in [1.82, 2.24) is 10.6 Å². The van der Waals surface area contributed by atoms with Crippen molar-refractivity contribution in [3.05, 3.63) is 34.9 Å². The number of carbonyl (C=O) groups is 1. The molecule has 0 atom stereocenters. The fraction of sp³-hybridized carbons (Fsp3) is 0.632. The molecule has 4 bridgehead atoms. The van der Waals surface area contributed by atoms with Crippen LogP contribution >= 0.6 is 11.6 Å². The molecular weight excluding hydrogens is 308 g/mol. The SMILES string of the molecule is O=C(NCCc1ccccc1Cl)NC12CC3CC(CC(C3)C1)C2. The summed E-state index contributed by atoms with van der Waals surface area (Å²) in [6.07, 6.45) is 8.54. The molecular formula is C19H25ClN2O. The summed E-state index contributed by atoms with van der Waals surface area (Å²) in [4.78, 5) is 12.3. The van der Waals surface area contributed by atoms with E-state index in [1.54, 1.807) is 0 Å². The first-order valence-corrected chi connectivity index (χ1v) is 9.29. The number of amides is 2. The number of rotatable bonds is 4. The van der Waals surface area contributed by atoms with Crippen LogP contribution in [0.4, 0.5) is 4.79 Å². The fourth-order valence-corrected chi connectivity index (χ4v) is 5.79. The highest BCUT2D eigenvalue weighted by Crippen LogP contribution is 2.55. The van der Waals surface area contributed by atoms with Crippen molar-refractivity contribution in [3.63, 3.8) is 0 Å². The van der Waals surface area contributed by atoms with E-state index in [-0.39, 0.29) is 11.6 Å². The molecule has 4 saturated carbocycles. The van der Waals surface area contributed by atoms with Gasteiger partial charge in [0.15, 0.2) is 0 Å². The topological polar surface area (TPSA) is 41.1 Å². The van der Waals surface area contributed by atoms with Crippen molar-refractivity contribution in [2.24, 2.45) is 17.8 Å². The third-order valence-corrected chi connectivity index (χ3v) is 6.42. The maximum Gasteiger partial charge on any atom is 0.315 e. The van der Waals surface area contributed by atoms with Gasteiger partial charge in [-0.15, -0.1) is 0 Å². The maximum absolute atomic E-state index is 12.3. The summed E-state index contributed by atoms with van der Waals surface area (Å²) in [5, 5.41) is 7.14. The quantitative estimate of drug-likeness (QED) is 0.854. The van der Waals surface area contributed by atoms with Gasteiger partial charge in [-0.1, -0.05) is 29.8 Å².